The van der Waals surface area contributed by atoms with Crippen molar-refractivity contribution in [2.24, 2.45) is 0 Å². The standard InChI is InChI=1S/C14H12ClFN2O3/c1-21-14-7-9(5-6-12(14)16)17-8-10-11(15)3-2-4-13(10)18(19)20/h2-7,17H,8H2,1H3. The fourth-order valence-electron chi connectivity index (χ4n) is 1.85. The number of hydrogen-bond acceptors (Lipinski definition) is 4. The monoisotopic (exact) mass is 310 g/mol. The summed E-state index contributed by atoms with van der Waals surface area (Å²) >= 11 is 5.99. The molecule has 2 aromatic rings. The van der Waals surface area contributed by atoms with Gasteiger partial charge >= 0.3 is 0 Å². The average Bonchev–Trinajstić information content (AvgIpc) is 2.47. The second-order valence-corrected chi connectivity index (χ2v) is 4.60. The van der Waals surface area contributed by atoms with Gasteiger partial charge in [-0.15, -0.1) is 0 Å². The summed E-state index contributed by atoms with van der Waals surface area (Å²) in [7, 11) is 1.36. The lowest BCUT2D eigenvalue weighted by molar-refractivity contribution is -0.385. The largest absolute Gasteiger partial charge is 0.494 e. The zero-order valence-electron chi connectivity index (χ0n) is 11.1. The minimum atomic E-state index is -0.492. The number of halogens is 2. The van der Waals surface area contributed by atoms with E-state index in [-0.39, 0.29) is 18.0 Å². The van der Waals surface area contributed by atoms with Crippen molar-refractivity contribution in [1.82, 2.24) is 0 Å². The number of nitro benzene ring substituents is 1. The molecule has 7 heteroatoms. The molecule has 0 bridgehead atoms. The quantitative estimate of drug-likeness (QED) is 0.669. The van der Waals surface area contributed by atoms with Crippen LogP contribution in [0, 0.1) is 15.9 Å². The highest BCUT2D eigenvalue weighted by Gasteiger charge is 2.16. The van der Waals surface area contributed by atoms with E-state index in [1.165, 1.54) is 37.4 Å². The zero-order valence-corrected chi connectivity index (χ0v) is 11.9. The fraction of sp³-hybridized carbons (Fsp3) is 0.143. The topological polar surface area (TPSA) is 64.4 Å². The summed E-state index contributed by atoms with van der Waals surface area (Å²) in [5.74, 6) is -0.388. The van der Waals surface area contributed by atoms with Gasteiger partial charge in [0.25, 0.3) is 5.69 Å². The summed E-state index contributed by atoms with van der Waals surface area (Å²) in [5, 5.41) is 14.2. The number of nitro groups is 1. The summed E-state index contributed by atoms with van der Waals surface area (Å²) in [6.45, 7) is 0.144. The van der Waals surface area contributed by atoms with Crippen molar-refractivity contribution in [3.63, 3.8) is 0 Å². The van der Waals surface area contributed by atoms with E-state index in [2.05, 4.69) is 5.32 Å². The van der Waals surface area contributed by atoms with Crippen LogP contribution in [-0.4, -0.2) is 12.0 Å². The normalized spacial score (nSPS) is 10.2. The third kappa shape index (κ3) is 3.41. The van der Waals surface area contributed by atoms with Crippen LogP contribution in [0.2, 0.25) is 5.02 Å². The number of rotatable bonds is 5. The molecule has 0 amide bonds. The lowest BCUT2D eigenvalue weighted by Gasteiger charge is -2.10. The van der Waals surface area contributed by atoms with Gasteiger partial charge in [0.15, 0.2) is 11.6 Å². The van der Waals surface area contributed by atoms with Crippen LogP contribution in [-0.2, 0) is 6.54 Å². The number of methoxy groups -OCH3 is 1. The first kappa shape index (κ1) is 15.1. The van der Waals surface area contributed by atoms with Crippen LogP contribution in [0.25, 0.3) is 0 Å². The minimum Gasteiger partial charge on any atom is -0.494 e. The molecule has 21 heavy (non-hydrogen) atoms. The molecule has 0 aromatic heterocycles. The van der Waals surface area contributed by atoms with E-state index < -0.39 is 10.7 Å². The van der Waals surface area contributed by atoms with E-state index in [9.17, 15) is 14.5 Å². The highest BCUT2D eigenvalue weighted by Crippen LogP contribution is 2.28. The highest BCUT2D eigenvalue weighted by molar-refractivity contribution is 6.31. The maximum atomic E-state index is 13.3. The van der Waals surface area contributed by atoms with Gasteiger partial charge in [-0.1, -0.05) is 17.7 Å². The van der Waals surface area contributed by atoms with Crippen molar-refractivity contribution in [1.29, 1.82) is 0 Å². The maximum Gasteiger partial charge on any atom is 0.275 e. The average molecular weight is 311 g/mol. The molecule has 5 nitrogen and oxygen atoms in total. The molecule has 0 saturated heterocycles. The number of ether oxygens (including phenoxy) is 1. The van der Waals surface area contributed by atoms with Crippen molar-refractivity contribution in [3.8, 4) is 5.75 Å². The Morgan fingerprint density at radius 2 is 2.14 bits per heavy atom. The number of nitrogens with zero attached hydrogens (tertiary/aromatic N) is 1. The molecule has 0 saturated carbocycles. The van der Waals surface area contributed by atoms with Gasteiger partial charge in [0.2, 0.25) is 0 Å². The van der Waals surface area contributed by atoms with E-state index in [4.69, 9.17) is 16.3 Å². The van der Waals surface area contributed by atoms with Crippen LogP contribution in [0.1, 0.15) is 5.56 Å². The van der Waals surface area contributed by atoms with Gasteiger partial charge in [0.05, 0.1) is 22.6 Å². The Morgan fingerprint density at radius 1 is 1.38 bits per heavy atom. The molecular formula is C14H12ClFN2O3. The molecule has 0 aliphatic heterocycles. The van der Waals surface area contributed by atoms with E-state index in [0.717, 1.165) is 0 Å². The first-order valence-electron chi connectivity index (χ1n) is 6.02. The van der Waals surface area contributed by atoms with Gasteiger partial charge in [-0.2, -0.15) is 0 Å². The summed E-state index contributed by atoms with van der Waals surface area (Å²) in [5.41, 5.74) is 0.874. The van der Waals surface area contributed by atoms with Gasteiger partial charge in [-0.3, -0.25) is 10.1 Å². The van der Waals surface area contributed by atoms with Crippen LogP contribution in [0.4, 0.5) is 15.8 Å². The Bertz CT molecular complexity index is 679. The predicted molar refractivity (Wildman–Crippen MR) is 78.4 cm³/mol. The van der Waals surface area contributed by atoms with Crippen LogP contribution >= 0.6 is 11.6 Å². The molecule has 0 fully saturated rings. The predicted octanol–water partition coefficient (Wildman–Crippen LogP) is 4.01. The van der Waals surface area contributed by atoms with Crippen LogP contribution in [0.3, 0.4) is 0 Å². The molecule has 1 N–H and O–H groups in total. The van der Waals surface area contributed by atoms with Crippen LogP contribution < -0.4 is 10.1 Å². The molecular weight excluding hydrogens is 299 g/mol. The lowest BCUT2D eigenvalue weighted by atomic mass is 10.1. The van der Waals surface area contributed by atoms with Crippen molar-refractivity contribution in [2.45, 2.75) is 6.54 Å². The van der Waals surface area contributed by atoms with Crippen molar-refractivity contribution in [2.75, 3.05) is 12.4 Å². The van der Waals surface area contributed by atoms with Gasteiger partial charge < -0.3 is 10.1 Å². The molecule has 2 rings (SSSR count). The molecule has 0 atom stereocenters. The smallest absolute Gasteiger partial charge is 0.275 e. The van der Waals surface area contributed by atoms with Crippen molar-refractivity contribution < 1.29 is 14.1 Å². The summed E-state index contributed by atoms with van der Waals surface area (Å²) in [4.78, 5) is 10.5. The second-order valence-electron chi connectivity index (χ2n) is 4.20. The van der Waals surface area contributed by atoms with Gasteiger partial charge in [0.1, 0.15) is 0 Å². The Morgan fingerprint density at radius 3 is 2.81 bits per heavy atom. The molecule has 110 valence electrons. The molecule has 0 aliphatic rings. The number of hydrogen-bond donors (Lipinski definition) is 1. The summed E-state index contributed by atoms with van der Waals surface area (Å²) in [6, 6.07) is 8.72. The lowest BCUT2D eigenvalue weighted by Crippen LogP contribution is -2.04. The molecule has 0 unspecified atom stereocenters. The second kappa shape index (κ2) is 6.41. The minimum absolute atomic E-state index is 0.0657. The van der Waals surface area contributed by atoms with Gasteiger partial charge in [-0.05, 0) is 18.2 Å². The van der Waals surface area contributed by atoms with Crippen LogP contribution in [0.15, 0.2) is 36.4 Å². The first-order chi connectivity index (χ1) is 10.0. The number of anilines is 1. The van der Waals surface area contributed by atoms with Crippen LogP contribution in [0.5, 0.6) is 5.75 Å². The third-order valence-electron chi connectivity index (χ3n) is 2.91. The van der Waals surface area contributed by atoms with E-state index in [1.807, 2.05) is 0 Å². The number of benzene rings is 2. The molecule has 2 aromatic carbocycles. The number of nitrogens with one attached hydrogen (secondary N) is 1. The Hall–Kier alpha value is -2.34. The zero-order chi connectivity index (χ0) is 15.4. The van der Waals surface area contributed by atoms with E-state index >= 15 is 0 Å². The summed E-state index contributed by atoms with van der Waals surface area (Å²) in [6.07, 6.45) is 0. The maximum absolute atomic E-state index is 13.3. The van der Waals surface area contributed by atoms with E-state index in [1.54, 1.807) is 6.07 Å². The Kier molecular flexibility index (Phi) is 4.59. The Balaban J connectivity index is 2.22. The molecule has 0 radical (unpaired) electrons. The molecule has 0 spiro atoms. The highest BCUT2D eigenvalue weighted by atomic mass is 35.5. The van der Waals surface area contributed by atoms with E-state index in [0.29, 0.717) is 16.3 Å². The van der Waals surface area contributed by atoms with Gasteiger partial charge in [0, 0.05) is 24.4 Å². The molecule has 0 aliphatic carbocycles. The third-order valence-corrected chi connectivity index (χ3v) is 3.27. The summed E-state index contributed by atoms with van der Waals surface area (Å²) < 4.78 is 18.2. The van der Waals surface area contributed by atoms with Gasteiger partial charge in [-0.25, -0.2) is 4.39 Å². The Labute approximate surface area is 125 Å². The fourth-order valence-corrected chi connectivity index (χ4v) is 2.09. The molecule has 0 heterocycles. The first-order valence-corrected chi connectivity index (χ1v) is 6.40. The van der Waals surface area contributed by atoms with Crippen molar-refractivity contribution in [3.05, 3.63) is 62.9 Å². The van der Waals surface area contributed by atoms with Crippen molar-refractivity contribution >= 4 is 23.0 Å². The SMILES string of the molecule is COc1cc(NCc2c(Cl)cccc2[N+](=O)[O-])ccc1F.